The van der Waals surface area contributed by atoms with Crippen LogP contribution in [-0.4, -0.2) is 12.1 Å². The van der Waals surface area contributed by atoms with E-state index in [0.717, 1.165) is 33.5 Å². The predicted octanol–water partition coefficient (Wildman–Crippen LogP) is 3.40. The summed E-state index contributed by atoms with van der Waals surface area (Å²) in [5, 5.41) is 0. The summed E-state index contributed by atoms with van der Waals surface area (Å²) in [4.78, 5) is 4.28. The van der Waals surface area contributed by atoms with Gasteiger partial charge in [-0.2, -0.15) is 0 Å². The molecule has 0 bridgehead atoms. The molecule has 100 valence electrons. The highest BCUT2D eigenvalue weighted by molar-refractivity contribution is 9.10. The molecular formula is C15H17BrN2O. The maximum Gasteiger partial charge on any atom is 0.119 e. The fourth-order valence-corrected chi connectivity index (χ4v) is 2.48. The topological polar surface area (TPSA) is 48.1 Å². The summed E-state index contributed by atoms with van der Waals surface area (Å²) in [5.74, 6) is 0.841. The highest BCUT2D eigenvalue weighted by Crippen LogP contribution is 2.27. The quantitative estimate of drug-likeness (QED) is 0.939. The number of nitrogens with zero attached hydrogens (tertiary/aromatic N) is 1. The number of ether oxygens (including phenoxy) is 1. The Labute approximate surface area is 121 Å². The molecule has 3 nitrogen and oxygen atoms in total. The molecule has 0 saturated heterocycles. The van der Waals surface area contributed by atoms with E-state index in [1.807, 2.05) is 37.3 Å². The zero-order valence-electron chi connectivity index (χ0n) is 11.1. The molecule has 1 heterocycles. The maximum absolute atomic E-state index is 6.29. The normalized spacial score (nSPS) is 12.2. The van der Waals surface area contributed by atoms with Gasteiger partial charge in [0.25, 0.3) is 0 Å². The molecule has 2 N–H and O–H groups in total. The van der Waals surface area contributed by atoms with Crippen LogP contribution in [-0.2, 0) is 6.42 Å². The number of halogens is 1. The molecule has 0 aliphatic heterocycles. The van der Waals surface area contributed by atoms with Gasteiger partial charge in [-0.05, 0) is 48.7 Å². The molecule has 1 unspecified atom stereocenters. The lowest BCUT2D eigenvalue weighted by molar-refractivity contribution is 0.414. The van der Waals surface area contributed by atoms with E-state index in [1.165, 1.54) is 0 Å². The molecule has 2 rings (SSSR count). The molecule has 0 aliphatic carbocycles. The second-order valence-electron chi connectivity index (χ2n) is 4.45. The van der Waals surface area contributed by atoms with Crippen LogP contribution in [0.3, 0.4) is 0 Å². The average molecular weight is 321 g/mol. The molecule has 0 saturated carbocycles. The lowest BCUT2D eigenvalue weighted by Gasteiger charge is -2.15. The lowest BCUT2D eigenvalue weighted by Crippen LogP contribution is -2.15. The molecule has 0 spiro atoms. The summed E-state index contributed by atoms with van der Waals surface area (Å²) in [6, 6.07) is 9.79. The van der Waals surface area contributed by atoms with Gasteiger partial charge in [0.1, 0.15) is 5.75 Å². The van der Waals surface area contributed by atoms with E-state index in [9.17, 15) is 0 Å². The number of nitrogens with two attached hydrogens (primary N) is 1. The van der Waals surface area contributed by atoms with Crippen molar-refractivity contribution in [2.75, 3.05) is 7.11 Å². The molecule has 1 aromatic heterocycles. The van der Waals surface area contributed by atoms with Crippen LogP contribution < -0.4 is 10.5 Å². The van der Waals surface area contributed by atoms with Gasteiger partial charge in [0, 0.05) is 22.4 Å². The molecule has 0 radical (unpaired) electrons. The average Bonchev–Trinajstić information content (AvgIpc) is 2.41. The monoisotopic (exact) mass is 320 g/mol. The fraction of sp³-hybridized carbons (Fsp3) is 0.267. The van der Waals surface area contributed by atoms with Crippen LogP contribution in [0.2, 0.25) is 0 Å². The van der Waals surface area contributed by atoms with Gasteiger partial charge in [-0.1, -0.05) is 22.0 Å². The molecule has 2 aromatic rings. The number of rotatable bonds is 4. The molecule has 19 heavy (non-hydrogen) atoms. The van der Waals surface area contributed by atoms with Crippen LogP contribution in [0, 0.1) is 6.92 Å². The van der Waals surface area contributed by atoms with Crippen LogP contribution in [0.25, 0.3) is 0 Å². The Kier molecular flexibility index (Phi) is 4.56. The van der Waals surface area contributed by atoms with Crippen LogP contribution >= 0.6 is 15.9 Å². The van der Waals surface area contributed by atoms with Crippen molar-refractivity contribution in [3.63, 3.8) is 0 Å². The number of benzene rings is 1. The Bertz CT molecular complexity index is 572. The van der Waals surface area contributed by atoms with Crippen molar-refractivity contribution in [2.24, 2.45) is 5.73 Å². The van der Waals surface area contributed by atoms with Gasteiger partial charge < -0.3 is 10.5 Å². The van der Waals surface area contributed by atoms with Gasteiger partial charge >= 0.3 is 0 Å². The Morgan fingerprint density at radius 3 is 2.84 bits per heavy atom. The number of hydrogen-bond acceptors (Lipinski definition) is 3. The van der Waals surface area contributed by atoms with Gasteiger partial charge in [-0.25, -0.2) is 0 Å². The van der Waals surface area contributed by atoms with Crippen LogP contribution in [0.5, 0.6) is 5.75 Å². The number of methoxy groups -OCH3 is 1. The van der Waals surface area contributed by atoms with Crippen LogP contribution in [0.15, 0.2) is 41.0 Å². The zero-order valence-corrected chi connectivity index (χ0v) is 12.6. The second-order valence-corrected chi connectivity index (χ2v) is 5.30. The largest absolute Gasteiger partial charge is 0.497 e. The molecule has 0 aliphatic rings. The summed E-state index contributed by atoms with van der Waals surface area (Å²) in [7, 11) is 1.66. The van der Waals surface area contributed by atoms with Crippen LogP contribution in [0.1, 0.15) is 22.9 Å². The highest BCUT2D eigenvalue weighted by Gasteiger charge is 2.12. The maximum atomic E-state index is 6.29. The summed E-state index contributed by atoms with van der Waals surface area (Å²) in [5.41, 5.74) is 9.48. The van der Waals surface area contributed by atoms with Gasteiger partial charge in [0.2, 0.25) is 0 Å². The number of aromatic nitrogens is 1. The third-order valence-electron chi connectivity index (χ3n) is 3.14. The first-order valence-corrected chi connectivity index (χ1v) is 6.90. The second kappa shape index (κ2) is 6.17. The summed E-state index contributed by atoms with van der Waals surface area (Å²) >= 11 is 3.55. The number of hydrogen-bond donors (Lipinski definition) is 1. The van der Waals surface area contributed by atoms with E-state index in [4.69, 9.17) is 10.5 Å². The summed E-state index contributed by atoms with van der Waals surface area (Å²) in [6.07, 6.45) is 2.53. The van der Waals surface area contributed by atoms with Gasteiger partial charge in [-0.15, -0.1) is 0 Å². The van der Waals surface area contributed by atoms with E-state index in [2.05, 4.69) is 20.9 Å². The Balaban J connectivity index is 2.24. The Morgan fingerprint density at radius 2 is 2.16 bits per heavy atom. The minimum Gasteiger partial charge on any atom is -0.497 e. The summed E-state index contributed by atoms with van der Waals surface area (Å²) in [6.45, 7) is 1.98. The Morgan fingerprint density at radius 1 is 1.37 bits per heavy atom. The van der Waals surface area contributed by atoms with E-state index in [-0.39, 0.29) is 6.04 Å². The Hall–Kier alpha value is -1.39. The smallest absolute Gasteiger partial charge is 0.119 e. The van der Waals surface area contributed by atoms with E-state index in [0.29, 0.717) is 0 Å². The van der Waals surface area contributed by atoms with Gasteiger partial charge in [0.05, 0.1) is 7.11 Å². The third-order valence-corrected chi connectivity index (χ3v) is 3.91. The van der Waals surface area contributed by atoms with Gasteiger partial charge in [0.15, 0.2) is 0 Å². The van der Waals surface area contributed by atoms with Crippen molar-refractivity contribution in [2.45, 2.75) is 19.4 Å². The van der Waals surface area contributed by atoms with Crippen molar-refractivity contribution in [1.82, 2.24) is 4.98 Å². The van der Waals surface area contributed by atoms with Crippen molar-refractivity contribution in [3.05, 3.63) is 57.8 Å². The first kappa shape index (κ1) is 14.0. The van der Waals surface area contributed by atoms with E-state index < -0.39 is 0 Å². The lowest BCUT2D eigenvalue weighted by atomic mass is 9.98. The highest BCUT2D eigenvalue weighted by atomic mass is 79.9. The molecule has 1 aromatic carbocycles. The first-order chi connectivity index (χ1) is 9.11. The van der Waals surface area contributed by atoms with Crippen molar-refractivity contribution < 1.29 is 4.74 Å². The van der Waals surface area contributed by atoms with E-state index >= 15 is 0 Å². The zero-order chi connectivity index (χ0) is 13.8. The third kappa shape index (κ3) is 3.33. The summed E-state index contributed by atoms with van der Waals surface area (Å²) < 4.78 is 6.29. The molecule has 1 atom stereocenters. The minimum atomic E-state index is -0.0721. The van der Waals surface area contributed by atoms with Crippen molar-refractivity contribution in [3.8, 4) is 5.75 Å². The van der Waals surface area contributed by atoms with Gasteiger partial charge in [-0.3, -0.25) is 4.98 Å². The number of pyridine rings is 1. The first-order valence-electron chi connectivity index (χ1n) is 6.11. The van der Waals surface area contributed by atoms with Crippen molar-refractivity contribution in [1.29, 1.82) is 0 Å². The minimum absolute atomic E-state index is 0.0721. The molecule has 0 amide bonds. The predicted molar refractivity (Wildman–Crippen MR) is 80.3 cm³/mol. The van der Waals surface area contributed by atoms with Crippen LogP contribution in [0.4, 0.5) is 0 Å². The molecule has 0 fully saturated rings. The van der Waals surface area contributed by atoms with Crippen molar-refractivity contribution >= 4 is 15.9 Å². The molecular weight excluding hydrogens is 304 g/mol. The SMILES string of the molecule is COc1ccc(Br)c(CC(N)c2cccnc2C)c1. The standard InChI is InChI=1S/C15H17BrN2O/c1-10-13(4-3-7-18-10)15(17)9-11-8-12(19-2)5-6-14(11)16/h3-8,15H,9,17H2,1-2H3. The fourth-order valence-electron chi connectivity index (χ4n) is 2.07. The van der Waals surface area contributed by atoms with E-state index in [1.54, 1.807) is 13.3 Å². The molecule has 4 heteroatoms. The number of aryl methyl sites for hydroxylation is 1.